The second kappa shape index (κ2) is 6.80. The first kappa shape index (κ1) is 17.2. The number of carbonyl (C=O) groups is 1. The lowest BCUT2D eigenvalue weighted by atomic mass is 9.73. The molecule has 0 aliphatic heterocycles. The van der Waals surface area contributed by atoms with E-state index in [2.05, 4.69) is 0 Å². The van der Waals surface area contributed by atoms with Gasteiger partial charge in [-0.3, -0.25) is 4.79 Å². The Morgan fingerprint density at radius 3 is 1.56 bits per heavy atom. The lowest BCUT2D eigenvalue weighted by molar-refractivity contribution is 0.102. The van der Waals surface area contributed by atoms with Crippen molar-refractivity contribution in [3.63, 3.8) is 0 Å². The Kier molecular flexibility index (Phi) is 4.32. The van der Waals surface area contributed by atoms with Crippen molar-refractivity contribution in [2.24, 2.45) is 0 Å². The largest absolute Gasteiger partial charge is 0.496 e. The quantitative estimate of drug-likeness (QED) is 0.540. The van der Waals surface area contributed by atoms with Crippen LogP contribution in [0.25, 0.3) is 0 Å². The van der Waals surface area contributed by atoms with E-state index in [0.29, 0.717) is 22.6 Å². The summed E-state index contributed by atoms with van der Waals surface area (Å²) in [5.41, 5.74) is 3.96. The maximum Gasteiger partial charge on any atom is 0.201 e. The Balaban J connectivity index is 2.09. The van der Waals surface area contributed by atoms with E-state index >= 15 is 0 Å². The highest BCUT2D eigenvalue weighted by molar-refractivity contribution is 6.16. The number of carbonyl (C=O) groups excluding carboxylic acids is 1. The Bertz CT molecular complexity index is 965. The van der Waals surface area contributed by atoms with Crippen molar-refractivity contribution < 1.29 is 19.0 Å². The van der Waals surface area contributed by atoms with Gasteiger partial charge in [-0.25, -0.2) is 0 Å². The summed E-state index contributed by atoms with van der Waals surface area (Å²) in [4.78, 5) is 13.4. The molecule has 0 amide bonds. The number of hydrogen-bond donors (Lipinski definition) is 0. The maximum atomic E-state index is 13.4. The van der Waals surface area contributed by atoms with E-state index < -0.39 is 0 Å². The van der Waals surface area contributed by atoms with Crippen molar-refractivity contribution in [2.75, 3.05) is 21.3 Å². The molecule has 136 valence electrons. The van der Waals surface area contributed by atoms with E-state index in [4.69, 9.17) is 14.2 Å². The van der Waals surface area contributed by atoms with E-state index in [1.807, 2.05) is 60.7 Å². The van der Waals surface area contributed by atoms with Crippen LogP contribution in [0.4, 0.5) is 0 Å². The molecule has 1 aliphatic rings. The average molecular weight is 360 g/mol. The summed E-state index contributed by atoms with van der Waals surface area (Å²) in [6.07, 6.45) is 0. The van der Waals surface area contributed by atoms with Crippen LogP contribution < -0.4 is 14.2 Å². The van der Waals surface area contributed by atoms with Crippen LogP contribution >= 0.6 is 0 Å². The molecule has 4 heteroatoms. The summed E-state index contributed by atoms with van der Waals surface area (Å²) in [7, 11) is 4.82. The summed E-state index contributed by atoms with van der Waals surface area (Å²) >= 11 is 0. The third-order valence-electron chi connectivity index (χ3n) is 5.08. The second-order valence-electron chi connectivity index (χ2n) is 6.35. The molecule has 4 rings (SSSR count). The molecule has 0 bridgehead atoms. The monoisotopic (exact) mass is 360 g/mol. The number of benzene rings is 3. The van der Waals surface area contributed by atoms with Gasteiger partial charge in [-0.2, -0.15) is 0 Å². The molecule has 0 spiro atoms. The second-order valence-corrected chi connectivity index (χ2v) is 6.35. The van der Waals surface area contributed by atoms with Crippen LogP contribution in [0.3, 0.4) is 0 Å². The number of ether oxygens (including phenoxy) is 3. The fraction of sp³-hybridized carbons (Fsp3) is 0.174. The minimum atomic E-state index is -0.158. The zero-order valence-electron chi connectivity index (χ0n) is 15.5. The Morgan fingerprint density at radius 2 is 1.04 bits per heavy atom. The number of methoxy groups -OCH3 is 3. The van der Waals surface area contributed by atoms with Gasteiger partial charge in [0.05, 0.1) is 32.5 Å². The molecule has 0 radical (unpaired) electrons. The number of fused-ring (bicyclic) bond motifs is 2. The number of rotatable bonds is 4. The lowest BCUT2D eigenvalue weighted by Crippen LogP contribution is -2.22. The summed E-state index contributed by atoms with van der Waals surface area (Å²) in [6, 6.07) is 19.3. The van der Waals surface area contributed by atoms with Gasteiger partial charge in [-0.05, 0) is 29.3 Å². The molecule has 3 aromatic rings. The van der Waals surface area contributed by atoms with Crippen LogP contribution in [-0.4, -0.2) is 27.1 Å². The van der Waals surface area contributed by atoms with Gasteiger partial charge in [-0.15, -0.1) is 0 Å². The van der Waals surface area contributed by atoms with Gasteiger partial charge in [0, 0.05) is 11.5 Å². The highest BCUT2D eigenvalue weighted by Crippen LogP contribution is 2.47. The van der Waals surface area contributed by atoms with Gasteiger partial charge in [0.2, 0.25) is 5.78 Å². The summed E-state index contributed by atoms with van der Waals surface area (Å²) in [5.74, 6) is 1.66. The van der Waals surface area contributed by atoms with Crippen molar-refractivity contribution >= 4 is 5.78 Å². The Labute approximate surface area is 158 Å². The molecule has 0 saturated carbocycles. The fourth-order valence-corrected chi connectivity index (χ4v) is 3.94. The van der Waals surface area contributed by atoms with Crippen LogP contribution in [-0.2, 0) is 0 Å². The molecular weight excluding hydrogens is 340 g/mol. The summed E-state index contributed by atoms with van der Waals surface area (Å²) in [6.45, 7) is 0. The lowest BCUT2D eigenvalue weighted by Gasteiger charge is -2.30. The first-order valence-electron chi connectivity index (χ1n) is 8.72. The minimum absolute atomic E-state index is 0.0824. The SMILES string of the molecule is COc1ccccc1C1c2cccc(OC)c2C(=O)c2c(OC)cccc21. The average Bonchev–Trinajstić information content (AvgIpc) is 2.73. The fourth-order valence-electron chi connectivity index (χ4n) is 3.94. The third-order valence-corrected chi connectivity index (χ3v) is 5.08. The topological polar surface area (TPSA) is 44.8 Å². The van der Waals surface area contributed by atoms with Crippen LogP contribution in [0, 0.1) is 0 Å². The number of ketones is 1. The van der Waals surface area contributed by atoms with Gasteiger partial charge < -0.3 is 14.2 Å². The van der Waals surface area contributed by atoms with E-state index in [1.54, 1.807) is 21.3 Å². The predicted molar refractivity (Wildman–Crippen MR) is 103 cm³/mol. The molecule has 0 fully saturated rings. The molecule has 0 atom stereocenters. The number of hydrogen-bond acceptors (Lipinski definition) is 4. The van der Waals surface area contributed by atoms with E-state index in [0.717, 1.165) is 22.4 Å². The molecule has 0 heterocycles. The van der Waals surface area contributed by atoms with Gasteiger partial charge >= 0.3 is 0 Å². The maximum absolute atomic E-state index is 13.4. The molecule has 0 aromatic heterocycles. The Morgan fingerprint density at radius 1 is 0.593 bits per heavy atom. The van der Waals surface area contributed by atoms with Crippen molar-refractivity contribution in [1.29, 1.82) is 0 Å². The summed E-state index contributed by atoms with van der Waals surface area (Å²) in [5, 5.41) is 0. The van der Waals surface area contributed by atoms with Crippen molar-refractivity contribution in [2.45, 2.75) is 5.92 Å². The van der Waals surface area contributed by atoms with Gasteiger partial charge in [0.1, 0.15) is 17.2 Å². The minimum Gasteiger partial charge on any atom is -0.496 e. The van der Waals surface area contributed by atoms with Crippen LogP contribution in [0.1, 0.15) is 38.5 Å². The highest BCUT2D eigenvalue weighted by atomic mass is 16.5. The van der Waals surface area contributed by atoms with E-state index in [-0.39, 0.29) is 11.7 Å². The van der Waals surface area contributed by atoms with Crippen molar-refractivity contribution in [3.8, 4) is 17.2 Å². The molecule has 4 nitrogen and oxygen atoms in total. The van der Waals surface area contributed by atoms with Crippen molar-refractivity contribution in [3.05, 3.63) is 88.5 Å². The van der Waals surface area contributed by atoms with Gasteiger partial charge in [-0.1, -0.05) is 42.5 Å². The zero-order chi connectivity index (χ0) is 19.0. The van der Waals surface area contributed by atoms with Crippen LogP contribution in [0.5, 0.6) is 17.2 Å². The molecule has 0 N–H and O–H groups in total. The van der Waals surface area contributed by atoms with E-state index in [1.165, 1.54) is 0 Å². The third kappa shape index (κ3) is 2.56. The smallest absolute Gasteiger partial charge is 0.201 e. The predicted octanol–water partition coefficient (Wildman–Crippen LogP) is 4.44. The first-order chi connectivity index (χ1) is 13.2. The zero-order valence-corrected chi connectivity index (χ0v) is 15.5. The molecule has 1 aliphatic carbocycles. The molecule has 27 heavy (non-hydrogen) atoms. The molecular formula is C23H20O4. The van der Waals surface area contributed by atoms with Crippen molar-refractivity contribution in [1.82, 2.24) is 0 Å². The van der Waals surface area contributed by atoms with Crippen LogP contribution in [0.2, 0.25) is 0 Å². The molecule has 3 aromatic carbocycles. The normalized spacial score (nSPS) is 12.9. The van der Waals surface area contributed by atoms with Crippen LogP contribution in [0.15, 0.2) is 60.7 Å². The highest BCUT2D eigenvalue weighted by Gasteiger charge is 2.37. The number of para-hydroxylation sites is 1. The van der Waals surface area contributed by atoms with E-state index in [9.17, 15) is 4.79 Å². The molecule has 0 unspecified atom stereocenters. The first-order valence-corrected chi connectivity index (χ1v) is 8.72. The standard InChI is InChI=1S/C23H20O4/c1-25-17-11-5-4-8-14(17)20-15-9-6-12-18(26-2)21(15)23(24)22-16(20)10-7-13-19(22)27-3/h4-13,20H,1-3H3. The Hall–Kier alpha value is -3.27. The molecule has 0 saturated heterocycles. The van der Waals surface area contributed by atoms with Gasteiger partial charge in [0.15, 0.2) is 0 Å². The van der Waals surface area contributed by atoms with Gasteiger partial charge in [0.25, 0.3) is 0 Å². The summed E-state index contributed by atoms with van der Waals surface area (Å²) < 4.78 is 16.7.